The molecule has 0 heterocycles. The smallest absolute Gasteiger partial charge is 0.300 e. The summed E-state index contributed by atoms with van der Waals surface area (Å²) in [7, 11) is 0. The van der Waals surface area contributed by atoms with Crippen molar-refractivity contribution in [3.63, 3.8) is 0 Å². The molecule has 0 amide bonds. The molecule has 0 spiro atoms. The maximum Gasteiger partial charge on any atom is 0.300 e. The van der Waals surface area contributed by atoms with Crippen LogP contribution in [0.3, 0.4) is 0 Å². The lowest BCUT2D eigenvalue weighted by Crippen LogP contribution is -2.40. The molecule has 0 aromatic heterocycles. The van der Waals surface area contributed by atoms with Crippen molar-refractivity contribution in [1.82, 2.24) is 0 Å². The monoisotopic (exact) mass is 267 g/mol. The molecule has 0 aliphatic carbocycles. The number of nitrogens with zero attached hydrogens (tertiary/aromatic N) is 1. The third-order valence-electron chi connectivity index (χ3n) is 3.06. The van der Waals surface area contributed by atoms with Crippen LogP contribution in [0.25, 0.3) is 0 Å². The fraction of sp³-hybridized carbons (Fsp3) is 0.533. The highest BCUT2D eigenvalue weighted by atomic mass is 19.3. The summed E-state index contributed by atoms with van der Waals surface area (Å²) >= 11 is 0. The van der Waals surface area contributed by atoms with E-state index in [4.69, 9.17) is 5.26 Å². The minimum Gasteiger partial charge on any atom is -0.384 e. The Morgan fingerprint density at radius 1 is 1.00 bits per heavy atom. The van der Waals surface area contributed by atoms with Crippen molar-refractivity contribution in [2.24, 2.45) is 0 Å². The van der Waals surface area contributed by atoms with Crippen LogP contribution in [-0.4, -0.2) is 10.7 Å². The second kappa shape index (κ2) is 4.57. The van der Waals surface area contributed by atoms with Gasteiger partial charge in [0.25, 0.3) is 0 Å². The molecular weight excluding hydrogens is 248 g/mol. The van der Waals surface area contributed by atoms with Crippen LogP contribution in [0.5, 0.6) is 0 Å². The normalized spacial score (nSPS) is 13.2. The zero-order valence-electron chi connectivity index (χ0n) is 11.9. The van der Waals surface area contributed by atoms with E-state index in [0.29, 0.717) is 5.56 Å². The predicted molar refractivity (Wildman–Crippen MR) is 70.0 cm³/mol. The second-order valence-corrected chi connectivity index (χ2v) is 6.29. The van der Waals surface area contributed by atoms with Gasteiger partial charge in [0.2, 0.25) is 0 Å². The van der Waals surface area contributed by atoms with Crippen LogP contribution in [-0.2, 0) is 11.3 Å². The number of halogens is 2. The average molecular weight is 267 g/mol. The van der Waals surface area contributed by atoms with E-state index in [1.165, 1.54) is 6.07 Å². The van der Waals surface area contributed by atoms with E-state index in [9.17, 15) is 13.9 Å². The van der Waals surface area contributed by atoms with E-state index in [1.54, 1.807) is 6.07 Å². The Bertz CT molecular complexity index is 516. The Kier molecular flexibility index (Phi) is 3.75. The summed E-state index contributed by atoms with van der Waals surface area (Å²) < 4.78 is 28.4. The van der Waals surface area contributed by atoms with Crippen LogP contribution >= 0.6 is 0 Å². The lowest BCUT2D eigenvalue weighted by atomic mass is 9.82. The van der Waals surface area contributed by atoms with Gasteiger partial charge in [0.05, 0.1) is 11.6 Å². The van der Waals surface area contributed by atoms with Crippen molar-refractivity contribution >= 4 is 0 Å². The Hall–Kier alpha value is -1.47. The first-order valence-corrected chi connectivity index (χ1v) is 6.06. The zero-order valence-corrected chi connectivity index (χ0v) is 11.9. The van der Waals surface area contributed by atoms with E-state index < -0.39 is 11.5 Å². The molecule has 0 aliphatic heterocycles. The van der Waals surface area contributed by atoms with Gasteiger partial charge in [-0.05, 0) is 43.0 Å². The molecule has 1 aromatic rings. The standard InChI is InChI=1S/C15H19F2NO/c1-13(2,3)11-6-10(9-18)7-12(8-11)15(16,17)14(4,5)19/h6-8,19H,1-5H3. The molecule has 0 aliphatic rings. The molecule has 19 heavy (non-hydrogen) atoms. The SMILES string of the molecule is CC(C)(C)c1cc(C#N)cc(C(F)(F)C(C)(C)O)c1. The second-order valence-electron chi connectivity index (χ2n) is 6.29. The minimum atomic E-state index is -3.42. The Balaban J connectivity index is 3.51. The van der Waals surface area contributed by atoms with Crippen LogP contribution in [0.1, 0.15) is 51.3 Å². The van der Waals surface area contributed by atoms with Crippen molar-refractivity contribution < 1.29 is 13.9 Å². The molecule has 0 radical (unpaired) electrons. The topological polar surface area (TPSA) is 44.0 Å². The molecule has 4 heteroatoms. The summed E-state index contributed by atoms with van der Waals surface area (Å²) in [4.78, 5) is 0. The van der Waals surface area contributed by atoms with E-state index in [1.807, 2.05) is 26.8 Å². The quantitative estimate of drug-likeness (QED) is 0.887. The molecule has 2 nitrogen and oxygen atoms in total. The van der Waals surface area contributed by atoms with Gasteiger partial charge in [0, 0.05) is 5.56 Å². The molecule has 0 saturated carbocycles. The molecule has 104 valence electrons. The van der Waals surface area contributed by atoms with Crippen molar-refractivity contribution in [3.8, 4) is 6.07 Å². The molecule has 0 atom stereocenters. The molecule has 0 fully saturated rings. The van der Waals surface area contributed by atoms with Gasteiger partial charge in [0.1, 0.15) is 5.60 Å². The maximum atomic E-state index is 14.2. The first-order chi connectivity index (χ1) is 8.39. The molecule has 0 bridgehead atoms. The van der Waals surface area contributed by atoms with Crippen LogP contribution in [0.15, 0.2) is 18.2 Å². The molecule has 0 saturated heterocycles. The van der Waals surface area contributed by atoms with E-state index in [-0.39, 0.29) is 16.5 Å². The zero-order chi connectivity index (χ0) is 15.1. The van der Waals surface area contributed by atoms with Crippen molar-refractivity contribution in [1.29, 1.82) is 5.26 Å². The van der Waals surface area contributed by atoms with Gasteiger partial charge in [-0.25, -0.2) is 0 Å². The van der Waals surface area contributed by atoms with Gasteiger partial charge < -0.3 is 5.11 Å². The highest BCUT2D eigenvalue weighted by molar-refractivity contribution is 5.42. The minimum absolute atomic E-state index is 0.173. The molecular formula is C15H19F2NO. The van der Waals surface area contributed by atoms with E-state index in [2.05, 4.69) is 0 Å². The number of alkyl halides is 2. The third kappa shape index (κ3) is 3.10. The summed E-state index contributed by atoms with van der Waals surface area (Å²) in [5.41, 5.74) is -2.05. The Morgan fingerprint density at radius 3 is 1.84 bits per heavy atom. The number of hydrogen-bond donors (Lipinski definition) is 1. The van der Waals surface area contributed by atoms with Crippen LogP contribution in [0, 0.1) is 11.3 Å². The van der Waals surface area contributed by atoms with Gasteiger partial charge >= 0.3 is 5.92 Å². The number of hydrogen-bond acceptors (Lipinski definition) is 2. The summed E-state index contributed by atoms with van der Waals surface area (Å²) in [5, 5.41) is 18.6. The predicted octanol–water partition coefficient (Wildman–Crippen LogP) is 3.72. The summed E-state index contributed by atoms with van der Waals surface area (Å²) in [6.07, 6.45) is 0. The first kappa shape index (κ1) is 15.6. The molecule has 1 rings (SSSR count). The van der Waals surface area contributed by atoms with Gasteiger partial charge in [-0.2, -0.15) is 14.0 Å². The van der Waals surface area contributed by atoms with Crippen LogP contribution in [0.4, 0.5) is 8.78 Å². The Labute approximate surface area is 112 Å². The van der Waals surface area contributed by atoms with Crippen LogP contribution < -0.4 is 0 Å². The van der Waals surface area contributed by atoms with Crippen molar-refractivity contribution in [2.45, 2.75) is 51.6 Å². The maximum absolute atomic E-state index is 14.2. The Morgan fingerprint density at radius 2 is 1.47 bits per heavy atom. The summed E-state index contributed by atoms with van der Waals surface area (Å²) in [6, 6.07) is 5.98. The fourth-order valence-electron chi connectivity index (χ4n) is 1.66. The summed E-state index contributed by atoms with van der Waals surface area (Å²) in [6.45, 7) is 7.77. The fourth-order valence-corrected chi connectivity index (χ4v) is 1.66. The number of nitriles is 1. The summed E-state index contributed by atoms with van der Waals surface area (Å²) in [5.74, 6) is -3.42. The lowest BCUT2D eigenvalue weighted by Gasteiger charge is -2.30. The van der Waals surface area contributed by atoms with Gasteiger partial charge in [-0.15, -0.1) is 0 Å². The highest BCUT2D eigenvalue weighted by Gasteiger charge is 2.47. The van der Waals surface area contributed by atoms with E-state index >= 15 is 0 Å². The van der Waals surface area contributed by atoms with Crippen LogP contribution in [0.2, 0.25) is 0 Å². The van der Waals surface area contributed by atoms with Gasteiger partial charge in [0.15, 0.2) is 0 Å². The number of rotatable bonds is 2. The molecule has 1 N–H and O–H groups in total. The largest absolute Gasteiger partial charge is 0.384 e. The van der Waals surface area contributed by atoms with Gasteiger partial charge in [-0.1, -0.05) is 20.8 Å². The van der Waals surface area contributed by atoms with Crippen molar-refractivity contribution in [3.05, 3.63) is 34.9 Å². The average Bonchev–Trinajstić information content (AvgIpc) is 2.25. The van der Waals surface area contributed by atoms with Gasteiger partial charge in [-0.3, -0.25) is 0 Å². The first-order valence-electron chi connectivity index (χ1n) is 6.06. The lowest BCUT2D eigenvalue weighted by molar-refractivity contribution is -0.168. The highest BCUT2D eigenvalue weighted by Crippen LogP contribution is 2.40. The molecule has 1 aromatic carbocycles. The van der Waals surface area contributed by atoms with Crippen molar-refractivity contribution in [2.75, 3.05) is 0 Å². The number of aliphatic hydroxyl groups is 1. The number of benzene rings is 1. The molecule has 0 unspecified atom stereocenters. The van der Waals surface area contributed by atoms with E-state index in [0.717, 1.165) is 19.9 Å². The third-order valence-corrected chi connectivity index (χ3v) is 3.06.